The lowest BCUT2D eigenvalue weighted by molar-refractivity contribution is 0.0787. The fourth-order valence-electron chi connectivity index (χ4n) is 3.89. The first-order chi connectivity index (χ1) is 12.7. The van der Waals surface area contributed by atoms with Crippen LogP contribution in [0.2, 0.25) is 5.02 Å². The summed E-state index contributed by atoms with van der Waals surface area (Å²) >= 11 is 6.30. The van der Waals surface area contributed by atoms with Gasteiger partial charge in [-0.1, -0.05) is 35.0 Å². The van der Waals surface area contributed by atoms with Gasteiger partial charge in [-0.2, -0.15) is 0 Å². The second-order valence-corrected chi connectivity index (χ2v) is 7.61. The molecular weight excluding hydrogens is 350 g/mol. The zero-order valence-corrected chi connectivity index (χ0v) is 15.6. The molecule has 2 saturated heterocycles. The van der Waals surface area contributed by atoms with Crippen LogP contribution < -0.4 is 0 Å². The molecule has 0 spiro atoms. The summed E-state index contributed by atoms with van der Waals surface area (Å²) < 4.78 is 1.88. The van der Waals surface area contributed by atoms with Crippen molar-refractivity contribution in [3.8, 4) is 0 Å². The monoisotopic (exact) mass is 373 g/mol. The van der Waals surface area contributed by atoms with E-state index in [2.05, 4.69) is 21.3 Å². The van der Waals surface area contributed by atoms with E-state index in [0.29, 0.717) is 5.69 Å². The molecule has 1 atom stereocenters. The number of carbonyl (C=O) groups is 1. The van der Waals surface area contributed by atoms with E-state index in [0.717, 1.165) is 69.0 Å². The van der Waals surface area contributed by atoms with Crippen molar-refractivity contribution in [2.75, 3.05) is 26.2 Å². The number of rotatable bonds is 4. The van der Waals surface area contributed by atoms with Crippen molar-refractivity contribution in [1.29, 1.82) is 0 Å². The van der Waals surface area contributed by atoms with Crippen molar-refractivity contribution in [2.24, 2.45) is 0 Å². The van der Waals surface area contributed by atoms with E-state index < -0.39 is 0 Å². The first kappa shape index (κ1) is 17.5. The molecule has 0 bridgehead atoms. The highest BCUT2D eigenvalue weighted by atomic mass is 35.5. The summed E-state index contributed by atoms with van der Waals surface area (Å²) in [7, 11) is 0. The topological polar surface area (TPSA) is 54.3 Å². The summed E-state index contributed by atoms with van der Waals surface area (Å²) in [6, 6.07) is 8.24. The molecule has 0 saturated carbocycles. The Kier molecular flexibility index (Phi) is 5.22. The van der Waals surface area contributed by atoms with Crippen LogP contribution >= 0.6 is 11.6 Å². The Labute approximate surface area is 158 Å². The van der Waals surface area contributed by atoms with Crippen molar-refractivity contribution >= 4 is 17.5 Å². The molecule has 26 heavy (non-hydrogen) atoms. The first-order valence-electron chi connectivity index (χ1n) is 9.37. The quantitative estimate of drug-likeness (QED) is 0.826. The van der Waals surface area contributed by atoms with Crippen LogP contribution in [0.15, 0.2) is 30.5 Å². The van der Waals surface area contributed by atoms with Gasteiger partial charge >= 0.3 is 0 Å². The summed E-state index contributed by atoms with van der Waals surface area (Å²) in [5.41, 5.74) is 1.62. The number of aromatic nitrogens is 3. The lowest BCUT2D eigenvalue weighted by Gasteiger charge is -2.32. The number of amides is 1. The molecular formula is C19H24ClN5O. The van der Waals surface area contributed by atoms with Crippen molar-refractivity contribution in [2.45, 2.75) is 38.3 Å². The highest BCUT2D eigenvalue weighted by Crippen LogP contribution is 2.24. The van der Waals surface area contributed by atoms with Crippen LogP contribution in [0.25, 0.3) is 0 Å². The van der Waals surface area contributed by atoms with Crippen LogP contribution in [0, 0.1) is 0 Å². The Morgan fingerprint density at radius 1 is 1.15 bits per heavy atom. The third-order valence-corrected chi connectivity index (χ3v) is 5.70. The smallest absolute Gasteiger partial charge is 0.276 e. The van der Waals surface area contributed by atoms with Gasteiger partial charge in [-0.15, -0.1) is 5.10 Å². The second kappa shape index (κ2) is 7.76. The fourth-order valence-corrected chi connectivity index (χ4v) is 4.09. The summed E-state index contributed by atoms with van der Waals surface area (Å²) in [6.45, 7) is 4.45. The van der Waals surface area contributed by atoms with Gasteiger partial charge < -0.3 is 4.90 Å². The molecule has 1 amide bonds. The lowest BCUT2D eigenvalue weighted by Crippen LogP contribution is -2.36. The van der Waals surface area contributed by atoms with Gasteiger partial charge in [0.05, 0.1) is 12.2 Å². The Bertz CT molecular complexity index is 771. The number of carbonyl (C=O) groups excluding carboxylic acids is 1. The van der Waals surface area contributed by atoms with Crippen LogP contribution in [0.3, 0.4) is 0 Å². The Balaban J connectivity index is 1.41. The molecule has 2 aliphatic rings. The molecule has 1 aromatic carbocycles. The van der Waals surface area contributed by atoms with Gasteiger partial charge in [0.2, 0.25) is 0 Å². The highest BCUT2D eigenvalue weighted by Gasteiger charge is 2.26. The van der Waals surface area contributed by atoms with Gasteiger partial charge in [0, 0.05) is 31.2 Å². The average Bonchev–Trinajstić information content (AvgIpc) is 3.36. The third-order valence-electron chi connectivity index (χ3n) is 5.33. The standard InChI is InChI=1S/C19H24ClN5O/c20-17-8-2-1-6-15(17)12-23-9-5-7-16(13-23)25-14-18(21-22-25)19(26)24-10-3-4-11-24/h1-2,6,8,14,16H,3-5,7,9-13H2/t16-/m1/s1. The SMILES string of the molecule is O=C(c1cn([C@@H]2CCCN(Cc3ccccc3Cl)C2)nn1)N1CCCC1. The zero-order chi connectivity index (χ0) is 17.9. The second-order valence-electron chi connectivity index (χ2n) is 7.21. The van der Waals surface area contributed by atoms with E-state index in [1.807, 2.05) is 34.0 Å². The molecule has 0 radical (unpaired) electrons. The molecule has 6 nitrogen and oxygen atoms in total. The molecule has 3 heterocycles. The number of nitrogens with zero attached hydrogens (tertiary/aromatic N) is 5. The number of likely N-dealkylation sites (tertiary alicyclic amines) is 2. The van der Waals surface area contributed by atoms with Crippen LogP contribution in [-0.4, -0.2) is 56.9 Å². The minimum atomic E-state index is 0.0116. The molecule has 4 rings (SSSR count). The number of hydrogen-bond acceptors (Lipinski definition) is 4. The molecule has 0 aliphatic carbocycles. The first-order valence-corrected chi connectivity index (χ1v) is 9.75. The molecule has 0 N–H and O–H groups in total. The number of benzene rings is 1. The maximum Gasteiger partial charge on any atom is 0.276 e. The molecule has 2 fully saturated rings. The molecule has 7 heteroatoms. The maximum atomic E-state index is 12.5. The maximum absolute atomic E-state index is 12.5. The number of halogens is 1. The number of piperidine rings is 1. The Morgan fingerprint density at radius 2 is 1.96 bits per heavy atom. The molecule has 2 aromatic rings. The van der Waals surface area contributed by atoms with E-state index in [1.54, 1.807) is 0 Å². The van der Waals surface area contributed by atoms with Gasteiger partial charge in [-0.25, -0.2) is 4.68 Å². The van der Waals surface area contributed by atoms with Crippen molar-refractivity contribution < 1.29 is 4.79 Å². The van der Waals surface area contributed by atoms with E-state index in [-0.39, 0.29) is 11.9 Å². The van der Waals surface area contributed by atoms with Crippen molar-refractivity contribution in [3.05, 3.63) is 46.7 Å². The van der Waals surface area contributed by atoms with E-state index in [9.17, 15) is 4.79 Å². The Morgan fingerprint density at radius 3 is 2.77 bits per heavy atom. The minimum Gasteiger partial charge on any atom is -0.337 e. The number of hydrogen-bond donors (Lipinski definition) is 0. The summed E-state index contributed by atoms with van der Waals surface area (Å²) in [5.74, 6) is 0.0116. The summed E-state index contributed by atoms with van der Waals surface area (Å²) in [5, 5.41) is 9.21. The Hall–Kier alpha value is -1.92. The van der Waals surface area contributed by atoms with Gasteiger partial charge in [-0.3, -0.25) is 9.69 Å². The molecule has 2 aliphatic heterocycles. The predicted molar refractivity (Wildman–Crippen MR) is 100 cm³/mol. The van der Waals surface area contributed by atoms with Crippen LogP contribution in [-0.2, 0) is 6.54 Å². The van der Waals surface area contributed by atoms with Gasteiger partial charge in [0.15, 0.2) is 5.69 Å². The average molecular weight is 374 g/mol. The zero-order valence-electron chi connectivity index (χ0n) is 14.9. The van der Waals surface area contributed by atoms with Crippen LogP contribution in [0.5, 0.6) is 0 Å². The molecule has 0 unspecified atom stereocenters. The van der Waals surface area contributed by atoms with Gasteiger partial charge in [0.1, 0.15) is 0 Å². The van der Waals surface area contributed by atoms with Crippen molar-refractivity contribution in [3.63, 3.8) is 0 Å². The fraction of sp³-hybridized carbons (Fsp3) is 0.526. The van der Waals surface area contributed by atoms with Crippen molar-refractivity contribution in [1.82, 2.24) is 24.8 Å². The largest absolute Gasteiger partial charge is 0.337 e. The molecule has 1 aromatic heterocycles. The van der Waals surface area contributed by atoms with E-state index >= 15 is 0 Å². The third kappa shape index (κ3) is 3.76. The predicted octanol–water partition coefficient (Wildman–Crippen LogP) is 3.00. The van der Waals surface area contributed by atoms with Gasteiger partial charge in [-0.05, 0) is 43.9 Å². The minimum absolute atomic E-state index is 0.0116. The van der Waals surface area contributed by atoms with Crippen LogP contribution in [0.1, 0.15) is 47.8 Å². The van der Waals surface area contributed by atoms with Gasteiger partial charge in [0.25, 0.3) is 5.91 Å². The summed E-state index contributed by atoms with van der Waals surface area (Å²) in [6.07, 6.45) is 6.15. The highest BCUT2D eigenvalue weighted by molar-refractivity contribution is 6.31. The van der Waals surface area contributed by atoms with Crippen LogP contribution in [0.4, 0.5) is 0 Å². The molecule has 138 valence electrons. The normalized spacial score (nSPS) is 21.3. The lowest BCUT2D eigenvalue weighted by atomic mass is 10.0. The van der Waals surface area contributed by atoms with E-state index in [1.165, 1.54) is 0 Å². The summed E-state index contributed by atoms with van der Waals surface area (Å²) in [4.78, 5) is 16.7. The van der Waals surface area contributed by atoms with E-state index in [4.69, 9.17) is 11.6 Å².